The smallest absolute Gasteiger partial charge is 0.268 e. The molecule has 2 rings (SSSR count). The lowest BCUT2D eigenvalue weighted by Gasteiger charge is -2.15. The highest BCUT2D eigenvalue weighted by Crippen LogP contribution is 2.11. The number of hydrogen-bond donors (Lipinski definition) is 2. The van der Waals surface area contributed by atoms with E-state index < -0.39 is 0 Å². The molecule has 1 heterocycles. The number of amides is 1. The fourth-order valence-electron chi connectivity index (χ4n) is 1.89. The summed E-state index contributed by atoms with van der Waals surface area (Å²) in [6, 6.07) is 9.67. The lowest BCUT2D eigenvalue weighted by atomic mass is 10.2. The van der Waals surface area contributed by atoms with Gasteiger partial charge in [0.15, 0.2) is 0 Å². The molecule has 1 aromatic heterocycles. The number of ether oxygens (including phenoxy) is 1. The number of hydrogen-bond acceptors (Lipinski definition) is 2. The summed E-state index contributed by atoms with van der Waals surface area (Å²) >= 11 is 0. The van der Waals surface area contributed by atoms with Crippen LogP contribution in [0, 0.1) is 13.8 Å². The molecule has 0 saturated carbocycles. The zero-order chi connectivity index (χ0) is 14.5. The van der Waals surface area contributed by atoms with E-state index in [0.29, 0.717) is 12.3 Å². The molecular formula is C16H20N2O2. The minimum Gasteiger partial charge on any atom is -0.491 e. The van der Waals surface area contributed by atoms with E-state index in [1.807, 2.05) is 51.1 Å². The van der Waals surface area contributed by atoms with Crippen molar-refractivity contribution in [2.75, 3.05) is 6.61 Å². The van der Waals surface area contributed by atoms with Crippen LogP contribution in [0.1, 0.15) is 28.5 Å². The van der Waals surface area contributed by atoms with Gasteiger partial charge in [0.25, 0.3) is 5.91 Å². The molecule has 4 heteroatoms. The molecule has 1 atom stereocenters. The number of nitrogens with one attached hydrogen (secondary N) is 2. The molecule has 0 spiro atoms. The van der Waals surface area contributed by atoms with E-state index in [0.717, 1.165) is 11.3 Å². The molecule has 4 nitrogen and oxygen atoms in total. The van der Waals surface area contributed by atoms with Crippen molar-refractivity contribution >= 4 is 5.91 Å². The zero-order valence-electron chi connectivity index (χ0n) is 12.1. The Balaban J connectivity index is 1.83. The van der Waals surface area contributed by atoms with E-state index >= 15 is 0 Å². The van der Waals surface area contributed by atoms with Crippen LogP contribution < -0.4 is 10.1 Å². The lowest BCUT2D eigenvalue weighted by molar-refractivity contribution is 0.0921. The summed E-state index contributed by atoms with van der Waals surface area (Å²) in [4.78, 5) is 14.9. The lowest BCUT2D eigenvalue weighted by Crippen LogP contribution is -2.37. The molecule has 1 aromatic carbocycles. The van der Waals surface area contributed by atoms with Gasteiger partial charge < -0.3 is 15.0 Å². The number of aromatic nitrogens is 1. The summed E-state index contributed by atoms with van der Waals surface area (Å²) in [6.07, 6.45) is 1.76. The van der Waals surface area contributed by atoms with Gasteiger partial charge in [0, 0.05) is 6.20 Å². The minimum absolute atomic E-state index is 0.0634. The van der Waals surface area contributed by atoms with Crippen LogP contribution in [-0.2, 0) is 0 Å². The van der Waals surface area contributed by atoms with Crippen LogP contribution in [0.15, 0.2) is 36.5 Å². The second-order valence-corrected chi connectivity index (χ2v) is 5.03. The van der Waals surface area contributed by atoms with E-state index in [9.17, 15) is 4.79 Å². The number of aryl methyl sites for hydroxylation is 2. The van der Waals surface area contributed by atoms with Crippen molar-refractivity contribution in [2.24, 2.45) is 0 Å². The molecule has 2 N–H and O–H groups in total. The Hall–Kier alpha value is -2.23. The first-order valence-corrected chi connectivity index (χ1v) is 6.70. The topological polar surface area (TPSA) is 54.1 Å². The Morgan fingerprint density at radius 2 is 1.95 bits per heavy atom. The van der Waals surface area contributed by atoms with Crippen molar-refractivity contribution < 1.29 is 9.53 Å². The largest absolute Gasteiger partial charge is 0.491 e. The van der Waals surface area contributed by atoms with E-state index in [1.165, 1.54) is 5.56 Å². The van der Waals surface area contributed by atoms with Gasteiger partial charge in [-0.2, -0.15) is 0 Å². The van der Waals surface area contributed by atoms with Crippen molar-refractivity contribution in [1.82, 2.24) is 10.3 Å². The molecule has 1 unspecified atom stereocenters. The summed E-state index contributed by atoms with van der Waals surface area (Å²) < 4.78 is 5.65. The Bertz CT molecular complexity index is 572. The highest BCUT2D eigenvalue weighted by Gasteiger charge is 2.13. The average Bonchev–Trinajstić information content (AvgIpc) is 2.84. The SMILES string of the molecule is Cc1ccc(OCC(C)NC(=O)c2[nH]ccc2C)cc1. The van der Waals surface area contributed by atoms with Gasteiger partial charge in [-0.15, -0.1) is 0 Å². The highest BCUT2D eigenvalue weighted by atomic mass is 16.5. The van der Waals surface area contributed by atoms with Crippen molar-refractivity contribution in [3.63, 3.8) is 0 Å². The summed E-state index contributed by atoms with van der Waals surface area (Å²) in [6.45, 7) is 6.29. The van der Waals surface area contributed by atoms with Crippen molar-refractivity contribution in [3.8, 4) is 5.75 Å². The van der Waals surface area contributed by atoms with E-state index in [4.69, 9.17) is 4.74 Å². The number of H-pyrrole nitrogens is 1. The third-order valence-electron chi connectivity index (χ3n) is 3.08. The molecule has 106 valence electrons. The molecule has 0 bridgehead atoms. The maximum Gasteiger partial charge on any atom is 0.268 e. The van der Waals surface area contributed by atoms with Crippen LogP contribution >= 0.6 is 0 Å². The van der Waals surface area contributed by atoms with E-state index in [2.05, 4.69) is 10.3 Å². The van der Waals surface area contributed by atoms with Crippen LogP contribution in [-0.4, -0.2) is 23.5 Å². The normalized spacial score (nSPS) is 11.9. The number of rotatable bonds is 5. The molecule has 2 aromatic rings. The third kappa shape index (κ3) is 3.63. The predicted molar refractivity (Wildman–Crippen MR) is 79.1 cm³/mol. The van der Waals surface area contributed by atoms with Gasteiger partial charge in [-0.3, -0.25) is 4.79 Å². The number of carbonyl (C=O) groups excluding carboxylic acids is 1. The van der Waals surface area contributed by atoms with Crippen LogP contribution in [0.25, 0.3) is 0 Å². The standard InChI is InChI=1S/C16H20N2O2/c1-11-4-6-14(7-5-11)20-10-13(3)18-16(19)15-12(2)8-9-17-15/h4-9,13,17H,10H2,1-3H3,(H,18,19). The van der Waals surface area contributed by atoms with Gasteiger partial charge in [-0.1, -0.05) is 17.7 Å². The summed E-state index contributed by atoms with van der Waals surface area (Å²) in [5, 5.41) is 2.91. The number of carbonyl (C=O) groups is 1. The van der Waals surface area contributed by atoms with Crippen LogP contribution in [0.2, 0.25) is 0 Å². The van der Waals surface area contributed by atoms with Crippen LogP contribution in [0.4, 0.5) is 0 Å². The maximum atomic E-state index is 12.0. The van der Waals surface area contributed by atoms with Gasteiger partial charge in [-0.05, 0) is 44.5 Å². The summed E-state index contributed by atoms with van der Waals surface area (Å²) in [7, 11) is 0. The molecule has 0 aliphatic heterocycles. The predicted octanol–water partition coefficient (Wildman–Crippen LogP) is 2.83. The molecule has 0 radical (unpaired) electrons. The van der Waals surface area contributed by atoms with Crippen LogP contribution in [0.3, 0.4) is 0 Å². The quantitative estimate of drug-likeness (QED) is 0.879. The summed E-state index contributed by atoms with van der Waals surface area (Å²) in [5.41, 5.74) is 2.74. The fraction of sp³-hybridized carbons (Fsp3) is 0.312. The minimum atomic E-state index is -0.104. The number of aromatic amines is 1. The second kappa shape index (κ2) is 6.28. The molecule has 1 amide bonds. The first-order chi connectivity index (χ1) is 9.56. The summed E-state index contributed by atoms with van der Waals surface area (Å²) in [5.74, 6) is 0.709. The molecule has 0 aliphatic rings. The Morgan fingerprint density at radius 1 is 1.25 bits per heavy atom. The highest BCUT2D eigenvalue weighted by molar-refractivity contribution is 5.93. The second-order valence-electron chi connectivity index (χ2n) is 5.03. The van der Waals surface area contributed by atoms with Crippen LogP contribution in [0.5, 0.6) is 5.75 Å². The first kappa shape index (κ1) is 14.2. The van der Waals surface area contributed by atoms with Gasteiger partial charge in [-0.25, -0.2) is 0 Å². The van der Waals surface area contributed by atoms with Gasteiger partial charge in [0.2, 0.25) is 0 Å². The van der Waals surface area contributed by atoms with E-state index in [1.54, 1.807) is 6.20 Å². The molecule has 0 fully saturated rings. The molecular weight excluding hydrogens is 252 g/mol. The van der Waals surface area contributed by atoms with Crippen molar-refractivity contribution in [1.29, 1.82) is 0 Å². The van der Waals surface area contributed by atoms with Crippen molar-refractivity contribution in [3.05, 3.63) is 53.3 Å². The fourth-order valence-corrected chi connectivity index (χ4v) is 1.89. The Labute approximate surface area is 119 Å². The maximum absolute atomic E-state index is 12.0. The van der Waals surface area contributed by atoms with Crippen molar-refractivity contribution in [2.45, 2.75) is 26.8 Å². The zero-order valence-corrected chi connectivity index (χ0v) is 12.1. The molecule has 0 saturated heterocycles. The first-order valence-electron chi connectivity index (χ1n) is 6.70. The Kier molecular flexibility index (Phi) is 4.45. The third-order valence-corrected chi connectivity index (χ3v) is 3.08. The number of benzene rings is 1. The van der Waals surface area contributed by atoms with Gasteiger partial charge in [0.1, 0.15) is 18.1 Å². The average molecular weight is 272 g/mol. The Morgan fingerprint density at radius 3 is 2.55 bits per heavy atom. The van der Waals surface area contributed by atoms with Gasteiger partial charge in [0.05, 0.1) is 6.04 Å². The molecule has 20 heavy (non-hydrogen) atoms. The monoisotopic (exact) mass is 272 g/mol. The molecule has 0 aliphatic carbocycles. The van der Waals surface area contributed by atoms with Gasteiger partial charge >= 0.3 is 0 Å². The van der Waals surface area contributed by atoms with E-state index in [-0.39, 0.29) is 11.9 Å².